The molecular formula is C18H16N4O2. The fraction of sp³-hybridized carbons (Fsp3) is 0.167. The molecule has 0 spiro atoms. The number of nitrogens with zero attached hydrogens (tertiary/aromatic N) is 3. The number of amides is 1. The van der Waals surface area contributed by atoms with Crippen molar-refractivity contribution in [2.75, 3.05) is 13.2 Å². The zero-order valence-electron chi connectivity index (χ0n) is 13.0. The van der Waals surface area contributed by atoms with Gasteiger partial charge in [-0.05, 0) is 24.3 Å². The lowest BCUT2D eigenvalue weighted by molar-refractivity contribution is -0.121. The van der Waals surface area contributed by atoms with Crippen molar-refractivity contribution in [2.24, 2.45) is 0 Å². The Balaban J connectivity index is 1.42. The number of carbonyl (C=O) groups is 1. The molecule has 0 radical (unpaired) electrons. The Morgan fingerprint density at radius 3 is 3.00 bits per heavy atom. The molecule has 6 nitrogen and oxygen atoms in total. The van der Waals surface area contributed by atoms with Gasteiger partial charge in [-0.15, -0.1) is 0 Å². The topological polar surface area (TPSA) is 69.0 Å². The Hall–Kier alpha value is -3.33. The first-order valence-electron chi connectivity index (χ1n) is 7.48. The van der Waals surface area contributed by atoms with Crippen LogP contribution in [0.25, 0.3) is 11.0 Å². The third-order valence-corrected chi connectivity index (χ3v) is 3.29. The van der Waals surface area contributed by atoms with E-state index in [0.717, 1.165) is 11.0 Å². The maximum atomic E-state index is 11.9. The van der Waals surface area contributed by atoms with Crippen LogP contribution in [0.5, 0.6) is 5.75 Å². The standard InChI is InChI=1S/C18H16N4O2/c23-18(13-22-14-21-16-7-1-2-8-17(16)22)20-10-3-4-11-24-15-6-5-9-19-12-15/h1-2,5-9,12,14H,10-11,13H2,(H,20,23). The van der Waals surface area contributed by atoms with E-state index in [1.54, 1.807) is 24.8 Å². The van der Waals surface area contributed by atoms with E-state index in [4.69, 9.17) is 4.74 Å². The first-order valence-corrected chi connectivity index (χ1v) is 7.48. The molecule has 0 saturated heterocycles. The highest BCUT2D eigenvalue weighted by molar-refractivity contribution is 5.80. The molecule has 0 fully saturated rings. The van der Waals surface area contributed by atoms with Crippen LogP contribution in [-0.4, -0.2) is 33.6 Å². The first kappa shape index (κ1) is 15.6. The smallest absolute Gasteiger partial charge is 0.240 e. The minimum Gasteiger partial charge on any atom is -0.479 e. The zero-order valence-corrected chi connectivity index (χ0v) is 13.0. The van der Waals surface area contributed by atoms with E-state index >= 15 is 0 Å². The Morgan fingerprint density at radius 1 is 1.21 bits per heavy atom. The van der Waals surface area contributed by atoms with E-state index in [9.17, 15) is 4.79 Å². The molecule has 0 aliphatic heterocycles. The summed E-state index contributed by atoms with van der Waals surface area (Å²) >= 11 is 0. The van der Waals surface area contributed by atoms with Gasteiger partial charge < -0.3 is 14.6 Å². The van der Waals surface area contributed by atoms with Gasteiger partial charge >= 0.3 is 0 Å². The molecule has 3 aromatic rings. The second-order valence-electron chi connectivity index (χ2n) is 4.97. The molecule has 2 aromatic heterocycles. The van der Waals surface area contributed by atoms with Crippen molar-refractivity contribution in [1.82, 2.24) is 19.9 Å². The Morgan fingerprint density at radius 2 is 2.12 bits per heavy atom. The van der Waals surface area contributed by atoms with Crippen LogP contribution in [-0.2, 0) is 11.3 Å². The molecule has 24 heavy (non-hydrogen) atoms. The van der Waals surface area contributed by atoms with Crippen molar-refractivity contribution in [3.63, 3.8) is 0 Å². The van der Waals surface area contributed by atoms with Crippen LogP contribution in [0.4, 0.5) is 0 Å². The number of benzene rings is 1. The van der Waals surface area contributed by atoms with Crippen LogP contribution in [0.1, 0.15) is 0 Å². The molecule has 0 bridgehead atoms. The third kappa shape index (κ3) is 4.11. The minimum atomic E-state index is -0.111. The highest BCUT2D eigenvalue weighted by atomic mass is 16.5. The summed E-state index contributed by atoms with van der Waals surface area (Å²) in [6.45, 7) is 0.754. The molecule has 0 unspecified atom stereocenters. The summed E-state index contributed by atoms with van der Waals surface area (Å²) in [5.41, 5.74) is 1.81. The molecule has 1 N–H and O–H groups in total. The molecule has 1 aromatic carbocycles. The summed E-state index contributed by atoms with van der Waals surface area (Å²) in [6.07, 6.45) is 4.97. The van der Waals surface area contributed by atoms with Gasteiger partial charge in [0, 0.05) is 6.20 Å². The number of hydrogen-bond donors (Lipinski definition) is 1. The predicted molar refractivity (Wildman–Crippen MR) is 90.3 cm³/mol. The van der Waals surface area contributed by atoms with Gasteiger partial charge in [-0.3, -0.25) is 9.78 Å². The summed E-state index contributed by atoms with van der Waals surface area (Å²) in [5, 5.41) is 2.76. The molecule has 0 atom stereocenters. The molecule has 2 heterocycles. The van der Waals surface area contributed by atoms with Crippen molar-refractivity contribution in [2.45, 2.75) is 6.54 Å². The highest BCUT2D eigenvalue weighted by Gasteiger charge is 2.05. The number of hydrogen-bond acceptors (Lipinski definition) is 4. The van der Waals surface area contributed by atoms with Crippen molar-refractivity contribution >= 4 is 16.9 Å². The predicted octanol–water partition coefficient (Wildman–Crippen LogP) is 1.63. The summed E-state index contributed by atoms with van der Waals surface area (Å²) in [5.74, 6) is 6.25. The van der Waals surface area contributed by atoms with E-state index in [1.807, 2.05) is 34.9 Å². The van der Waals surface area contributed by atoms with Gasteiger partial charge in [0.05, 0.1) is 30.1 Å². The van der Waals surface area contributed by atoms with Crippen LogP contribution in [0, 0.1) is 11.8 Å². The van der Waals surface area contributed by atoms with Crippen LogP contribution >= 0.6 is 0 Å². The van der Waals surface area contributed by atoms with Gasteiger partial charge in [0.2, 0.25) is 5.91 Å². The van der Waals surface area contributed by atoms with Crippen molar-refractivity contribution < 1.29 is 9.53 Å². The fourth-order valence-corrected chi connectivity index (χ4v) is 2.16. The lowest BCUT2D eigenvalue weighted by Crippen LogP contribution is -2.27. The number of ether oxygens (including phenoxy) is 1. The Labute approximate surface area is 139 Å². The van der Waals surface area contributed by atoms with Gasteiger partial charge in [-0.1, -0.05) is 24.0 Å². The number of fused-ring (bicyclic) bond motifs is 1. The van der Waals surface area contributed by atoms with Gasteiger partial charge in [0.25, 0.3) is 0 Å². The van der Waals surface area contributed by atoms with E-state index in [-0.39, 0.29) is 25.6 Å². The Kier molecular flexibility index (Phi) is 5.05. The van der Waals surface area contributed by atoms with Crippen LogP contribution < -0.4 is 10.1 Å². The molecule has 0 saturated carbocycles. The van der Waals surface area contributed by atoms with Gasteiger partial charge in [0.15, 0.2) is 0 Å². The fourth-order valence-electron chi connectivity index (χ4n) is 2.16. The third-order valence-electron chi connectivity index (χ3n) is 3.29. The summed E-state index contributed by atoms with van der Waals surface area (Å²) < 4.78 is 7.19. The molecule has 3 rings (SSSR count). The number of rotatable bonds is 5. The number of aromatic nitrogens is 3. The van der Waals surface area contributed by atoms with Gasteiger partial charge in [-0.25, -0.2) is 4.98 Å². The average molecular weight is 320 g/mol. The highest BCUT2D eigenvalue weighted by Crippen LogP contribution is 2.11. The number of pyridine rings is 1. The molecule has 120 valence electrons. The van der Waals surface area contributed by atoms with E-state index in [0.29, 0.717) is 5.75 Å². The normalized spacial score (nSPS) is 10.0. The van der Waals surface area contributed by atoms with Crippen molar-refractivity contribution in [1.29, 1.82) is 0 Å². The largest absolute Gasteiger partial charge is 0.479 e. The molecule has 0 aliphatic rings. The van der Waals surface area contributed by atoms with E-state index in [2.05, 4.69) is 27.1 Å². The Bertz CT molecular complexity index is 878. The monoisotopic (exact) mass is 320 g/mol. The maximum absolute atomic E-state index is 11.9. The van der Waals surface area contributed by atoms with Crippen LogP contribution in [0.2, 0.25) is 0 Å². The minimum absolute atomic E-state index is 0.111. The molecule has 0 aliphatic carbocycles. The average Bonchev–Trinajstić information content (AvgIpc) is 3.02. The van der Waals surface area contributed by atoms with Gasteiger partial charge in [0.1, 0.15) is 18.9 Å². The van der Waals surface area contributed by atoms with Gasteiger partial charge in [-0.2, -0.15) is 0 Å². The van der Waals surface area contributed by atoms with Crippen molar-refractivity contribution in [3.05, 3.63) is 55.1 Å². The second-order valence-corrected chi connectivity index (χ2v) is 4.97. The zero-order chi connectivity index (χ0) is 16.6. The van der Waals surface area contributed by atoms with Crippen molar-refractivity contribution in [3.8, 4) is 17.6 Å². The molecular weight excluding hydrogens is 304 g/mol. The quantitative estimate of drug-likeness (QED) is 0.726. The summed E-state index contributed by atoms with van der Waals surface area (Å²) in [6, 6.07) is 11.3. The van der Waals surface area contributed by atoms with Crippen LogP contribution in [0.3, 0.4) is 0 Å². The lowest BCUT2D eigenvalue weighted by atomic mass is 10.3. The number of para-hydroxylation sites is 2. The van der Waals surface area contributed by atoms with E-state index in [1.165, 1.54) is 0 Å². The summed E-state index contributed by atoms with van der Waals surface area (Å²) in [7, 11) is 0. The maximum Gasteiger partial charge on any atom is 0.240 e. The SMILES string of the molecule is O=C(Cn1cnc2ccccc21)NCC#CCOc1cccnc1. The second kappa shape index (κ2) is 7.79. The van der Waals surface area contributed by atoms with Crippen LogP contribution in [0.15, 0.2) is 55.1 Å². The van der Waals surface area contributed by atoms with E-state index < -0.39 is 0 Å². The number of imidazole rings is 1. The first-order chi connectivity index (χ1) is 11.8. The number of carbonyl (C=O) groups excluding carboxylic acids is 1. The molecule has 1 amide bonds. The summed E-state index contributed by atoms with van der Waals surface area (Å²) in [4.78, 5) is 20.1. The molecule has 6 heteroatoms. The number of nitrogens with one attached hydrogen (secondary N) is 1. The lowest BCUT2D eigenvalue weighted by Gasteiger charge is -2.04.